The number of H-pyrrole nitrogens is 1. The van der Waals surface area contributed by atoms with Crippen LogP contribution in [0.4, 0.5) is 5.69 Å². The Labute approximate surface area is 140 Å². The van der Waals surface area contributed by atoms with Gasteiger partial charge in [-0.05, 0) is 24.6 Å². The second-order valence-electron chi connectivity index (χ2n) is 6.61. The Hall–Kier alpha value is -2.94. The number of aromatic amines is 1. The van der Waals surface area contributed by atoms with Crippen LogP contribution in [0.15, 0.2) is 29.1 Å². The van der Waals surface area contributed by atoms with Crippen molar-refractivity contribution >= 4 is 11.6 Å². The van der Waals surface area contributed by atoms with Gasteiger partial charge in [-0.15, -0.1) is 0 Å². The number of aromatic nitrogens is 2. The fourth-order valence-electron chi connectivity index (χ4n) is 2.20. The minimum atomic E-state index is -0.505. The fraction of sp³-hybridized carbons (Fsp3) is 0.333. The van der Waals surface area contributed by atoms with Crippen molar-refractivity contribution in [2.24, 2.45) is 0 Å². The van der Waals surface area contributed by atoms with Gasteiger partial charge >= 0.3 is 0 Å². The van der Waals surface area contributed by atoms with Crippen LogP contribution in [0.5, 0.6) is 0 Å². The van der Waals surface area contributed by atoms with E-state index in [1.165, 1.54) is 0 Å². The van der Waals surface area contributed by atoms with Gasteiger partial charge in [0.15, 0.2) is 0 Å². The van der Waals surface area contributed by atoms with Gasteiger partial charge in [-0.25, -0.2) is 4.98 Å². The van der Waals surface area contributed by atoms with E-state index in [4.69, 9.17) is 5.26 Å². The van der Waals surface area contributed by atoms with Crippen molar-refractivity contribution in [3.05, 3.63) is 57.3 Å². The maximum absolute atomic E-state index is 12.4. The highest BCUT2D eigenvalue weighted by atomic mass is 16.2. The van der Waals surface area contributed by atoms with Gasteiger partial charge in [-0.3, -0.25) is 9.59 Å². The van der Waals surface area contributed by atoms with Crippen LogP contribution in [0.25, 0.3) is 0 Å². The summed E-state index contributed by atoms with van der Waals surface area (Å²) in [5, 5.41) is 11.3. The number of aryl methyl sites for hydroxylation is 1. The molecule has 124 valence electrons. The first kappa shape index (κ1) is 17.4. The highest BCUT2D eigenvalue weighted by Gasteiger charge is 2.22. The van der Waals surface area contributed by atoms with Crippen molar-refractivity contribution in [3.8, 4) is 6.07 Å². The summed E-state index contributed by atoms with van der Waals surface area (Å²) in [5.41, 5.74) is 1.05. The second kappa shape index (κ2) is 6.67. The number of nitrogens with one attached hydrogen (secondary N) is 2. The van der Waals surface area contributed by atoms with Crippen LogP contribution in [0, 0.1) is 18.3 Å². The van der Waals surface area contributed by atoms with E-state index in [0.29, 0.717) is 23.6 Å². The molecule has 1 heterocycles. The summed E-state index contributed by atoms with van der Waals surface area (Å²) < 4.78 is 0. The van der Waals surface area contributed by atoms with Crippen molar-refractivity contribution in [1.29, 1.82) is 5.26 Å². The summed E-state index contributed by atoms with van der Waals surface area (Å²) in [7, 11) is 0. The largest absolute Gasteiger partial charge is 0.322 e. The number of carbonyl (C=O) groups is 1. The molecule has 0 saturated heterocycles. The molecule has 0 unspecified atom stereocenters. The minimum Gasteiger partial charge on any atom is -0.322 e. The molecular weight excluding hydrogens is 304 g/mol. The Balaban J connectivity index is 2.27. The molecule has 1 aromatic carbocycles. The molecule has 2 rings (SSSR count). The maximum atomic E-state index is 12.4. The van der Waals surface area contributed by atoms with Crippen LogP contribution < -0.4 is 10.9 Å². The molecule has 0 spiro atoms. The number of benzene rings is 1. The average Bonchev–Trinajstić information content (AvgIpc) is 2.48. The molecule has 2 aromatic rings. The lowest BCUT2D eigenvalue weighted by Crippen LogP contribution is -2.30. The molecule has 0 bridgehead atoms. The second-order valence-corrected chi connectivity index (χ2v) is 6.61. The van der Waals surface area contributed by atoms with Crippen LogP contribution in [0.1, 0.15) is 48.2 Å². The zero-order valence-electron chi connectivity index (χ0n) is 14.2. The van der Waals surface area contributed by atoms with Crippen LogP contribution in [-0.4, -0.2) is 15.9 Å². The third-order valence-corrected chi connectivity index (χ3v) is 3.53. The molecule has 0 radical (unpaired) electrons. The molecule has 2 N–H and O–H groups in total. The van der Waals surface area contributed by atoms with Crippen LogP contribution >= 0.6 is 0 Å². The van der Waals surface area contributed by atoms with Gasteiger partial charge in [-0.1, -0.05) is 32.9 Å². The Kier molecular flexibility index (Phi) is 4.84. The lowest BCUT2D eigenvalue weighted by Gasteiger charge is -2.18. The monoisotopic (exact) mass is 324 g/mol. The van der Waals surface area contributed by atoms with E-state index in [1.54, 1.807) is 31.2 Å². The number of rotatable bonds is 3. The van der Waals surface area contributed by atoms with Gasteiger partial charge in [0.25, 0.3) is 11.5 Å². The number of amides is 1. The topological polar surface area (TPSA) is 98.6 Å². The molecule has 1 amide bonds. The van der Waals surface area contributed by atoms with Gasteiger partial charge < -0.3 is 10.3 Å². The molecule has 0 aliphatic carbocycles. The van der Waals surface area contributed by atoms with E-state index in [-0.39, 0.29) is 11.0 Å². The summed E-state index contributed by atoms with van der Waals surface area (Å²) in [6.07, 6.45) is 0.311. The number of hydrogen-bond acceptors (Lipinski definition) is 4. The van der Waals surface area contributed by atoms with E-state index in [1.807, 2.05) is 20.8 Å². The lowest BCUT2D eigenvalue weighted by molar-refractivity contribution is 0.102. The number of nitrogens with zero attached hydrogens (tertiary/aromatic N) is 2. The summed E-state index contributed by atoms with van der Waals surface area (Å²) >= 11 is 0. The van der Waals surface area contributed by atoms with Crippen molar-refractivity contribution in [2.45, 2.75) is 39.5 Å². The summed E-state index contributed by atoms with van der Waals surface area (Å²) in [6, 6.07) is 8.98. The predicted molar refractivity (Wildman–Crippen MR) is 92.0 cm³/mol. The summed E-state index contributed by atoms with van der Waals surface area (Å²) in [4.78, 5) is 31.7. The van der Waals surface area contributed by atoms with Gasteiger partial charge in [0, 0.05) is 11.1 Å². The smallest absolute Gasteiger partial charge is 0.264 e. The first-order valence-electron chi connectivity index (χ1n) is 7.61. The SMILES string of the molecule is Cc1nc(C(C)(C)C)[nH]c(=O)c1C(=O)Nc1ccc(CC#N)cc1. The molecule has 0 aliphatic rings. The predicted octanol–water partition coefficient (Wildman–Crippen LogP) is 2.69. The quantitative estimate of drug-likeness (QED) is 0.906. The first-order valence-corrected chi connectivity index (χ1v) is 7.61. The molecule has 6 heteroatoms. The van der Waals surface area contributed by atoms with Crippen molar-refractivity contribution in [2.75, 3.05) is 5.32 Å². The number of carbonyl (C=O) groups excluding carboxylic acids is 1. The van der Waals surface area contributed by atoms with Crippen molar-refractivity contribution in [1.82, 2.24) is 9.97 Å². The zero-order valence-corrected chi connectivity index (χ0v) is 14.2. The molecule has 0 aliphatic heterocycles. The Morgan fingerprint density at radius 2 is 1.92 bits per heavy atom. The van der Waals surface area contributed by atoms with E-state index in [0.717, 1.165) is 5.56 Å². The first-order chi connectivity index (χ1) is 11.2. The van der Waals surface area contributed by atoms with Crippen LogP contribution in [-0.2, 0) is 11.8 Å². The Morgan fingerprint density at radius 1 is 1.29 bits per heavy atom. The highest BCUT2D eigenvalue weighted by Crippen LogP contribution is 2.18. The molecule has 6 nitrogen and oxygen atoms in total. The highest BCUT2D eigenvalue weighted by molar-refractivity contribution is 6.04. The standard InChI is InChI=1S/C18H20N4O2/c1-11-14(16(24)22-17(20-11)18(2,3)4)15(23)21-13-7-5-12(6-8-13)9-10-19/h5-8H,9H2,1-4H3,(H,21,23)(H,20,22,24). The summed E-state index contributed by atoms with van der Waals surface area (Å²) in [6.45, 7) is 7.46. The molecule has 1 aromatic heterocycles. The van der Waals surface area contributed by atoms with E-state index >= 15 is 0 Å². The number of nitriles is 1. The molecule has 24 heavy (non-hydrogen) atoms. The molecular formula is C18H20N4O2. The van der Waals surface area contributed by atoms with Gasteiger partial charge in [0.1, 0.15) is 11.4 Å². The molecule has 0 atom stereocenters. The fourth-order valence-corrected chi connectivity index (χ4v) is 2.20. The summed E-state index contributed by atoms with van der Waals surface area (Å²) in [5.74, 6) is 0.0390. The third-order valence-electron chi connectivity index (χ3n) is 3.53. The van der Waals surface area contributed by atoms with Gasteiger partial charge in [-0.2, -0.15) is 5.26 Å². The Bertz CT molecular complexity index is 853. The number of hydrogen-bond donors (Lipinski definition) is 2. The number of anilines is 1. The molecule has 0 saturated carbocycles. The van der Waals surface area contributed by atoms with Crippen LogP contribution in [0.3, 0.4) is 0 Å². The minimum absolute atomic E-state index is 0.00380. The molecule has 0 fully saturated rings. The van der Waals surface area contributed by atoms with Crippen molar-refractivity contribution < 1.29 is 4.79 Å². The average molecular weight is 324 g/mol. The van der Waals surface area contributed by atoms with E-state index in [9.17, 15) is 9.59 Å². The van der Waals surface area contributed by atoms with Crippen molar-refractivity contribution in [3.63, 3.8) is 0 Å². The van der Waals surface area contributed by atoms with E-state index < -0.39 is 11.5 Å². The van der Waals surface area contributed by atoms with E-state index in [2.05, 4.69) is 21.4 Å². The Morgan fingerprint density at radius 3 is 2.42 bits per heavy atom. The van der Waals surface area contributed by atoms with Gasteiger partial charge in [0.2, 0.25) is 0 Å². The maximum Gasteiger partial charge on any atom is 0.264 e. The normalized spacial score (nSPS) is 11.0. The lowest BCUT2D eigenvalue weighted by atomic mass is 9.95. The van der Waals surface area contributed by atoms with Crippen LogP contribution in [0.2, 0.25) is 0 Å². The zero-order chi connectivity index (χ0) is 17.9. The van der Waals surface area contributed by atoms with Gasteiger partial charge in [0.05, 0.1) is 18.2 Å². The third kappa shape index (κ3) is 3.87.